The number of carbonyl (C=O) groups excluding carboxylic acids is 3. The summed E-state index contributed by atoms with van der Waals surface area (Å²) in [6.45, 7) is 6.44. The van der Waals surface area contributed by atoms with E-state index in [0.29, 0.717) is 31.5 Å². The fourth-order valence-corrected chi connectivity index (χ4v) is 6.69. The van der Waals surface area contributed by atoms with Crippen LogP contribution in [0, 0.1) is 11.8 Å². The van der Waals surface area contributed by atoms with Gasteiger partial charge < -0.3 is 30.3 Å². The quantitative estimate of drug-likeness (QED) is 0.409. The summed E-state index contributed by atoms with van der Waals surface area (Å²) in [5.74, 6) is -2.18. The summed E-state index contributed by atoms with van der Waals surface area (Å²) in [5, 5.41) is 15.5. The summed E-state index contributed by atoms with van der Waals surface area (Å²) in [5.41, 5.74) is 1.61. The number of hydrogen-bond acceptors (Lipinski definition) is 6. The number of likely N-dealkylation sites (tertiary alicyclic amines) is 1. The molecule has 3 amide bonds. The molecule has 9 heteroatoms. The third-order valence-corrected chi connectivity index (χ3v) is 8.48. The van der Waals surface area contributed by atoms with Crippen LogP contribution in [0.15, 0.2) is 54.6 Å². The summed E-state index contributed by atoms with van der Waals surface area (Å²) >= 11 is 0. The van der Waals surface area contributed by atoms with Crippen LogP contribution in [0.4, 0.5) is 11.4 Å². The summed E-state index contributed by atoms with van der Waals surface area (Å²) in [6, 6.07) is 16.4. The summed E-state index contributed by atoms with van der Waals surface area (Å²) in [6.07, 6.45) is 1.08. The highest BCUT2D eigenvalue weighted by molar-refractivity contribution is 6.03. The van der Waals surface area contributed by atoms with Crippen molar-refractivity contribution in [2.24, 2.45) is 11.8 Å². The zero-order chi connectivity index (χ0) is 27.6. The highest BCUT2D eigenvalue weighted by Gasteiger charge is 2.74. The van der Waals surface area contributed by atoms with E-state index >= 15 is 0 Å². The number of anilines is 2. The molecule has 2 aromatic carbocycles. The molecular weight excluding hydrogens is 496 g/mol. The number of ether oxygens (including phenoxy) is 1. The molecule has 5 rings (SSSR count). The molecule has 2 bridgehead atoms. The number of nitrogens with one attached hydrogen (secondary N) is 2. The van der Waals surface area contributed by atoms with Crippen molar-refractivity contribution in [1.82, 2.24) is 10.2 Å². The van der Waals surface area contributed by atoms with E-state index in [9.17, 15) is 19.5 Å². The topological polar surface area (TPSA) is 111 Å². The maximum absolute atomic E-state index is 13.8. The molecule has 39 heavy (non-hydrogen) atoms. The van der Waals surface area contributed by atoms with Gasteiger partial charge in [0.2, 0.25) is 17.7 Å². The lowest BCUT2D eigenvalue weighted by Crippen LogP contribution is -2.53. The summed E-state index contributed by atoms with van der Waals surface area (Å²) < 4.78 is 6.45. The minimum atomic E-state index is -1.06. The first-order chi connectivity index (χ1) is 18.9. The number of rotatable bonds is 11. The number of aliphatic hydroxyl groups is 1. The number of carbonyl (C=O) groups is 3. The monoisotopic (exact) mass is 534 g/mol. The van der Waals surface area contributed by atoms with Gasteiger partial charge in [-0.2, -0.15) is 0 Å². The van der Waals surface area contributed by atoms with Crippen LogP contribution in [0.3, 0.4) is 0 Å². The van der Waals surface area contributed by atoms with Gasteiger partial charge in [0.25, 0.3) is 0 Å². The fraction of sp³-hybridized carbons (Fsp3) is 0.500. The predicted octanol–water partition coefficient (Wildman–Crippen LogP) is 2.54. The van der Waals surface area contributed by atoms with Crippen molar-refractivity contribution in [3.63, 3.8) is 0 Å². The molecular formula is C30H38N4O5. The molecule has 5 atom stereocenters. The highest BCUT2D eigenvalue weighted by Crippen LogP contribution is 2.58. The molecule has 3 aliphatic rings. The van der Waals surface area contributed by atoms with Crippen molar-refractivity contribution >= 4 is 29.1 Å². The Balaban J connectivity index is 1.37. The molecule has 208 valence electrons. The third kappa shape index (κ3) is 4.89. The zero-order valence-electron chi connectivity index (χ0n) is 22.6. The van der Waals surface area contributed by atoms with Crippen LogP contribution in [0.25, 0.3) is 0 Å². The van der Waals surface area contributed by atoms with Crippen molar-refractivity contribution in [3.8, 4) is 0 Å². The average Bonchev–Trinajstić information content (AvgIpc) is 3.60. The molecule has 0 aromatic heterocycles. The van der Waals surface area contributed by atoms with Gasteiger partial charge in [-0.1, -0.05) is 30.3 Å². The van der Waals surface area contributed by atoms with Crippen LogP contribution in [-0.2, 0) is 25.7 Å². The van der Waals surface area contributed by atoms with E-state index in [1.54, 1.807) is 0 Å². The largest absolute Gasteiger partial charge is 0.396 e. The van der Waals surface area contributed by atoms with Crippen LogP contribution in [0.2, 0.25) is 0 Å². The molecule has 3 N–H and O–H groups in total. The molecule has 3 heterocycles. The van der Waals surface area contributed by atoms with Gasteiger partial charge in [0.1, 0.15) is 11.6 Å². The molecule has 0 aliphatic carbocycles. The molecule has 9 nitrogen and oxygen atoms in total. The second-order valence-electron chi connectivity index (χ2n) is 10.6. The Morgan fingerprint density at radius 1 is 1.08 bits per heavy atom. The molecule has 3 fully saturated rings. The molecule has 0 saturated carbocycles. The van der Waals surface area contributed by atoms with E-state index in [0.717, 1.165) is 24.3 Å². The van der Waals surface area contributed by atoms with Crippen LogP contribution in [-0.4, -0.2) is 71.7 Å². The minimum Gasteiger partial charge on any atom is -0.396 e. The number of amides is 3. The smallest absolute Gasteiger partial charge is 0.250 e. The van der Waals surface area contributed by atoms with Crippen molar-refractivity contribution in [3.05, 3.63) is 60.2 Å². The normalized spacial score (nSPS) is 26.9. The first kappa shape index (κ1) is 27.1. The number of aliphatic hydroxyl groups excluding tert-OH is 1. The first-order valence-electron chi connectivity index (χ1n) is 14.0. The van der Waals surface area contributed by atoms with Crippen LogP contribution >= 0.6 is 0 Å². The Morgan fingerprint density at radius 3 is 2.46 bits per heavy atom. The second-order valence-corrected chi connectivity index (χ2v) is 10.6. The van der Waals surface area contributed by atoms with Gasteiger partial charge in [-0.3, -0.25) is 14.4 Å². The second kappa shape index (κ2) is 11.4. The maximum atomic E-state index is 13.8. The standard InChI is InChI=1S/C30H38N4O5/c1-3-33(4-2)22-13-11-21(12-14-22)32-28(37)26-30-16-15-23(39-30)24(25(30)29(38)34(26)17-8-18-35)27(36)31-19-20-9-6-5-7-10-20/h5-7,9-14,23-26,35H,3-4,8,15-19H2,1-2H3,(H,31,36)(H,32,37)/t23-,24+,25-,26?,30?/m0/s1. The zero-order valence-corrected chi connectivity index (χ0v) is 22.6. The van der Waals surface area contributed by atoms with E-state index in [1.165, 1.54) is 4.90 Å². The first-order valence-corrected chi connectivity index (χ1v) is 14.0. The minimum absolute atomic E-state index is 0.104. The average molecular weight is 535 g/mol. The van der Waals surface area contributed by atoms with E-state index in [1.807, 2.05) is 54.6 Å². The molecule has 3 saturated heterocycles. The van der Waals surface area contributed by atoms with Crippen molar-refractivity contribution in [2.45, 2.75) is 57.4 Å². The van der Waals surface area contributed by atoms with E-state index < -0.39 is 29.6 Å². The lowest BCUT2D eigenvalue weighted by atomic mass is 9.70. The molecule has 0 radical (unpaired) electrons. The molecule has 3 aliphatic heterocycles. The van der Waals surface area contributed by atoms with Gasteiger partial charge >= 0.3 is 0 Å². The number of fused-ring (bicyclic) bond motifs is 1. The fourth-order valence-electron chi connectivity index (χ4n) is 6.69. The molecule has 2 aromatic rings. The van der Waals surface area contributed by atoms with Crippen molar-refractivity contribution < 1.29 is 24.2 Å². The van der Waals surface area contributed by atoms with Crippen molar-refractivity contribution in [1.29, 1.82) is 0 Å². The molecule has 2 unspecified atom stereocenters. The van der Waals surface area contributed by atoms with Gasteiger partial charge in [0, 0.05) is 44.2 Å². The van der Waals surface area contributed by atoms with Crippen LogP contribution in [0.5, 0.6) is 0 Å². The Labute approximate surface area is 229 Å². The van der Waals surface area contributed by atoms with Gasteiger partial charge in [0.15, 0.2) is 0 Å². The summed E-state index contributed by atoms with van der Waals surface area (Å²) in [4.78, 5) is 44.8. The Bertz CT molecular complexity index is 1190. The number of benzene rings is 2. The van der Waals surface area contributed by atoms with Crippen LogP contribution < -0.4 is 15.5 Å². The number of hydrogen-bond donors (Lipinski definition) is 3. The lowest BCUT2D eigenvalue weighted by molar-refractivity contribution is -0.141. The van der Waals surface area contributed by atoms with E-state index in [4.69, 9.17) is 4.74 Å². The van der Waals surface area contributed by atoms with Gasteiger partial charge in [0.05, 0.1) is 17.9 Å². The Morgan fingerprint density at radius 2 is 1.79 bits per heavy atom. The maximum Gasteiger partial charge on any atom is 0.250 e. The Hall–Kier alpha value is -3.43. The van der Waals surface area contributed by atoms with Crippen molar-refractivity contribution in [2.75, 3.05) is 36.5 Å². The van der Waals surface area contributed by atoms with E-state index in [-0.39, 0.29) is 30.9 Å². The SMILES string of the molecule is CCN(CC)c1ccc(NC(=O)C2N(CCCO)C(=O)[C@@H]3[C@H](C(=O)NCc4ccccc4)[C@@H]4CCC23O4)cc1. The molecule has 1 spiro atoms. The van der Waals surface area contributed by atoms with Crippen LogP contribution in [0.1, 0.15) is 38.7 Å². The van der Waals surface area contributed by atoms with Gasteiger partial charge in [-0.15, -0.1) is 0 Å². The number of nitrogens with zero attached hydrogens (tertiary/aromatic N) is 2. The lowest BCUT2D eigenvalue weighted by Gasteiger charge is -2.33. The van der Waals surface area contributed by atoms with E-state index in [2.05, 4.69) is 29.4 Å². The highest BCUT2D eigenvalue weighted by atomic mass is 16.5. The third-order valence-electron chi connectivity index (χ3n) is 8.48. The summed E-state index contributed by atoms with van der Waals surface area (Å²) in [7, 11) is 0. The predicted molar refractivity (Wildman–Crippen MR) is 148 cm³/mol. The van der Waals surface area contributed by atoms with Gasteiger partial charge in [-0.05, 0) is 62.9 Å². The van der Waals surface area contributed by atoms with Gasteiger partial charge in [-0.25, -0.2) is 0 Å². The Kier molecular flexibility index (Phi) is 7.91.